The van der Waals surface area contributed by atoms with Crippen molar-refractivity contribution in [2.75, 3.05) is 5.32 Å². The third-order valence-corrected chi connectivity index (χ3v) is 5.13. The summed E-state index contributed by atoms with van der Waals surface area (Å²) in [6, 6.07) is 12.4. The van der Waals surface area contributed by atoms with Crippen LogP contribution in [0.2, 0.25) is 0 Å². The minimum Gasteiger partial charge on any atom is -0.350 e. The van der Waals surface area contributed by atoms with Crippen LogP contribution in [0.3, 0.4) is 0 Å². The molecule has 0 aliphatic heterocycles. The van der Waals surface area contributed by atoms with Crippen LogP contribution in [0.25, 0.3) is 0 Å². The standard InChI is InChI=1S/C20H22BrN3O2S/c1-4-13(3)22-19(26)15-7-5-6-8-17(15)23-20(27)24-18(25)14-10-9-12(2)16(21)11-14/h5-11,13H,4H2,1-3H3,(H,22,26)(H2,23,24,25,27). The number of nitrogens with one attached hydrogen (secondary N) is 3. The van der Waals surface area contributed by atoms with Crippen molar-refractivity contribution in [1.29, 1.82) is 0 Å². The van der Waals surface area contributed by atoms with Gasteiger partial charge in [0.1, 0.15) is 0 Å². The zero-order chi connectivity index (χ0) is 20.0. The predicted octanol–water partition coefficient (Wildman–Crippen LogP) is 4.41. The van der Waals surface area contributed by atoms with E-state index >= 15 is 0 Å². The molecule has 7 heteroatoms. The number of benzene rings is 2. The molecule has 0 spiro atoms. The monoisotopic (exact) mass is 447 g/mol. The fourth-order valence-electron chi connectivity index (χ4n) is 2.26. The lowest BCUT2D eigenvalue weighted by Gasteiger charge is -2.16. The molecular formula is C20H22BrN3O2S. The summed E-state index contributed by atoms with van der Waals surface area (Å²) in [6.07, 6.45) is 0.835. The normalized spacial score (nSPS) is 11.4. The Bertz CT molecular complexity index is 870. The smallest absolute Gasteiger partial charge is 0.257 e. The fraction of sp³-hybridized carbons (Fsp3) is 0.250. The van der Waals surface area contributed by atoms with Crippen molar-refractivity contribution in [2.24, 2.45) is 0 Å². The Morgan fingerprint density at radius 3 is 2.52 bits per heavy atom. The van der Waals surface area contributed by atoms with Gasteiger partial charge in [-0.25, -0.2) is 0 Å². The second-order valence-corrected chi connectivity index (χ2v) is 7.46. The number of anilines is 1. The van der Waals surface area contributed by atoms with Crippen molar-refractivity contribution < 1.29 is 9.59 Å². The van der Waals surface area contributed by atoms with Crippen LogP contribution < -0.4 is 16.0 Å². The van der Waals surface area contributed by atoms with Crippen molar-refractivity contribution >= 4 is 50.8 Å². The first-order valence-electron chi connectivity index (χ1n) is 8.60. The Morgan fingerprint density at radius 1 is 1.15 bits per heavy atom. The molecule has 2 aromatic carbocycles. The van der Waals surface area contributed by atoms with E-state index in [1.165, 1.54) is 0 Å². The SMILES string of the molecule is CCC(C)NC(=O)c1ccccc1NC(=S)NC(=O)c1ccc(C)c(Br)c1. The van der Waals surface area contributed by atoms with Gasteiger partial charge in [0.05, 0.1) is 11.3 Å². The molecule has 142 valence electrons. The third kappa shape index (κ3) is 5.87. The van der Waals surface area contributed by atoms with Gasteiger partial charge in [0, 0.05) is 16.1 Å². The second-order valence-electron chi connectivity index (χ2n) is 6.20. The summed E-state index contributed by atoms with van der Waals surface area (Å²) in [4.78, 5) is 24.8. The Morgan fingerprint density at radius 2 is 1.85 bits per heavy atom. The van der Waals surface area contributed by atoms with Crippen LogP contribution in [-0.2, 0) is 0 Å². The van der Waals surface area contributed by atoms with Gasteiger partial charge < -0.3 is 10.6 Å². The molecule has 1 unspecified atom stereocenters. The summed E-state index contributed by atoms with van der Waals surface area (Å²) in [6.45, 7) is 5.89. The lowest BCUT2D eigenvalue weighted by molar-refractivity contribution is 0.0938. The number of carbonyl (C=O) groups is 2. The van der Waals surface area contributed by atoms with Crippen LogP contribution in [0.1, 0.15) is 46.5 Å². The first-order valence-corrected chi connectivity index (χ1v) is 9.80. The molecule has 0 heterocycles. The van der Waals surface area contributed by atoms with Crippen molar-refractivity contribution in [3.8, 4) is 0 Å². The summed E-state index contributed by atoms with van der Waals surface area (Å²) < 4.78 is 0.848. The van der Waals surface area contributed by atoms with Crippen LogP contribution in [0, 0.1) is 6.92 Å². The van der Waals surface area contributed by atoms with Crippen molar-refractivity contribution in [1.82, 2.24) is 10.6 Å². The number of rotatable bonds is 5. The maximum Gasteiger partial charge on any atom is 0.257 e. The largest absolute Gasteiger partial charge is 0.350 e. The molecule has 3 N–H and O–H groups in total. The minimum absolute atomic E-state index is 0.0668. The van der Waals surface area contributed by atoms with Gasteiger partial charge in [-0.1, -0.05) is 41.1 Å². The number of hydrogen-bond donors (Lipinski definition) is 3. The number of para-hydroxylation sites is 1. The lowest BCUT2D eigenvalue weighted by atomic mass is 10.1. The van der Waals surface area contributed by atoms with E-state index in [9.17, 15) is 9.59 Å². The average molecular weight is 448 g/mol. The van der Waals surface area contributed by atoms with E-state index in [-0.39, 0.29) is 23.0 Å². The highest BCUT2D eigenvalue weighted by molar-refractivity contribution is 9.10. The Labute approximate surface area is 173 Å². The minimum atomic E-state index is -0.324. The molecule has 0 saturated heterocycles. The quantitative estimate of drug-likeness (QED) is 0.593. The van der Waals surface area contributed by atoms with E-state index < -0.39 is 0 Å². The Balaban J connectivity index is 2.08. The molecule has 0 aliphatic rings. The number of amides is 2. The third-order valence-electron chi connectivity index (χ3n) is 4.07. The summed E-state index contributed by atoms with van der Waals surface area (Å²) in [5.41, 5.74) is 2.52. The molecule has 0 radical (unpaired) electrons. The van der Waals surface area contributed by atoms with Crippen LogP contribution in [0.5, 0.6) is 0 Å². The average Bonchev–Trinajstić information content (AvgIpc) is 2.63. The number of hydrogen-bond acceptors (Lipinski definition) is 3. The number of halogens is 1. The summed E-state index contributed by atoms with van der Waals surface area (Å²) in [7, 11) is 0. The highest BCUT2D eigenvalue weighted by Gasteiger charge is 2.15. The molecule has 0 aliphatic carbocycles. The number of carbonyl (C=O) groups excluding carboxylic acids is 2. The molecular weight excluding hydrogens is 426 g/mol. The van der Waals surface area contributed by atoms with E-state index in [0.29, 0.717) is 16.8 Å². The van der Waals surface area contributed by atoms with Crippen LogP contribution in [0.4, 0.5) is 5.69 Å². The maximum atomic E-state index is 12.4. The van der Waals surface area contributed by atoms with E-state index in [2.05, 4.69) is 31.9 Å². The van der Waals surface area contributed by atoms with Crippen molar-refractivity contribution in [3.05, 3.63) is 63.6 Å². The molecule has 2 rings (SSSR count). The van der Waals surface area contributed by atoms with Gasteiger partial charge in [-0.15, -0.1) is 0 Å². The summed E-state index contributed by atoms with van der Waals surface area (Å²) >= 11 is 8.65. The topological polar surface area (TPSA) is 70.2 Å². The molecule has 2 amide bonds. The van der Waals surface area contributed by atoms with Crippen molar-refractivity contribution in [3.63, 3.8) is 0 Å². The van der Waals surface area contributed by atoms with E-state index in [0.717, 1.165) is 16.5 Å². The molecule has 0 saturated carbocycles. The Hall–Kier alpha value is -2.25. The molecule has 0 aromatic heterocycles. The van der Waals surface area contributed by atoms with Crippen LogP contribution in [-0.4, -0.2) is 23.0 Å². The van der Waals surface area contributed by atoms with Gasteiger partial charge in [0.2, 0.25) is 0 Å². The highest BCUT2D eigenvalue weighted by Crippen LogP contribution is 2.18. The zero-order valence-corrected chi connectivity index (χ0v) is 17.8. The maximum absolute atomic E-state index is 12.4. The fourth-order valence-corrected chi connectivity index (χ4v) is 2.84. The van der Waals surface area contributed by atoms with E-state index in [1.54, 1.807) is 36.4 Å². The van der Waals surface area contributed by atoms with Gasteiger partial charge in [0.15, 0.2) is 5.11 Å². The first-order chi connectivity index (χ1) is 12.8. The molecule has 27 heavy (non-hydrogen) atoms. The van der Waals surface area contributed by atoms with E-state index in [4.69, 9.17) is 12.2 Å². The first kappa shape index (κ1) is 21.1. The van der Waals surface area contributed by atoms with Gasteiger partial charge in [-0.3, -0.25) is 14.9 Å². The van der Waals surface area contributed by atoms with Gasteiger partial charge in [-0.05, 0) is 62.3 Å². The second kappa shape index (κ2) is 9.62. The van der Waals surface area contributed by atoms with Crippen LogP contribution >= 0.6 is 28.1 Å². The van der Waals surface area contributed by atoms with Crippen molar-refractivity contribution in [2.45, 2.75) is 33.2 Å². The molecule has 0 bridgehead atoms. The molecule has 1 atom stereocenters. The highest BCUT2D eigenvalue weighted by atomic mass is 79.9. The van der Waals surface area contributed by atoms with Gasteiger partial charge in [-0.2, -0.15) is 0 Å². The zero-order valence-electron chi connectivity index (χ0n) is 15.4. The van der Waals surface area contributed by atoms with Gasteiger partial charge >= 0.3 is 0 Å². The number of thiocarbonyl (C=S) groups is 1. The van der Waals surface area contributed by atoms with Gasteiger partial charge in [0.25, 0.3) is 11.8 Å². The summed E-state index contributed by atoms with van der Waals surface area (Å²) in [5.74, 6) is -0.515. The Kier molecular flexibility index (Phi) is 7.50. The van der Waals surface area contributed by atoms with E-state index in [1.807, 2.05) is 26.8 Å². The van der Waals surface area contributed by atoms with Crippen LogP contribution in [0.15, 0.2) is 46.9 Å². The molecule has 2 aromatic rings. The lowest BCUT2D eigenvalue weighted by Crippen LogP contribution is -2.36. The molecule has 0 fully saturated rings. The summed E-state index contributed by atoms with van der Waals surface area (Å²) in [5, 5.41) is 8.62. The predicted molar refractivity (Wildman–Crippen MR) is 116 cm³/mol. The molecule has 5 nitrogen and oxygen atoms in total. The number of aryl methyl sites for hydroxylation is 1.